The molecular formula is C28H28F5NO. The first-order chi connectivity index (χ1) is 16.3. The van der Waals surface area contributed by atoms with Crippen LogP contribution in [-0.4, -0.2) is 10.1 Å². The van der Waals surface area contributed by atoms with Crippen LogP contribution in [0.5, 0.6) is 0 Å². The van der Waals surface area contributed by atoms with Gasteiger partial charge in [0.1, 0.15) is 5.82 Å². The van der Waals surface area contributed by atoms with Crippen LogP contribution in [0.2, 0.25) is 0 Å². The van der Waals surface area contributed by atoms with Crippen molar-refractivity contribution in [2.24, 2.45) is 5.41 Å². The third kappa shape index (κ3) is 4.96. The van der Waals surface area contributed by atoms with E-state index < -0.39 is 29.8 Å². The number of halogens is 5. The molecule has 2 aromatic carbocycles. The molecule has 2 unspecified atom stereocenters. The highest BCUT2D eigenvalue weighted by molar-refractivity contribution is 5.75. The maximum atomic E-state index is 16.3. The number of aromatic nitrogens is 1. The Hall–Kier alpha value is -2.80. The topological polar surface area (TPSA) is 33.1 Å². The van der Waals surface area contributed by atoms with Crippen LogP contribution in [0, 0.1) is 11.2 Å². The quantitative estimate of drug-likeness (QED) is 0.376. The van der Waals surface area contributed by atoms with Gasteiger partial charge in [0.05, 0.1) is 17.4 Å². The molecule has 35 heavy (non-hydrogen) atoms. The van der Waals surface area contributed by atoms with Crippen molar-refractivity contribution < 1.29 is 27.1 Å². The summed E-state index contributed by atoms with van der Waals surface area (Å²) in [5.74, 6) is -0.659. The Labute approximate surface area is 201 Å². The molecule has 1 heterocycles. The molecule has 0 saturated heterocycles. The maximum absolute atomic E-state index is 16.3. The van der Waals surface area contributed by atoms with Crippen LogP contribution in [0.15, 0.2) is 48.5 Å². The lowest BCUT2D eigenvalue weighted by atomic mass is 9.71. The Kier molecular flexibility index (Phi) is 6.51. The van der Waals surface area contributed by atoms with E-state index in [0.29, 0.717) is 40.9 Å². The lowest BCUT2D eigenvalue weighted by molar-refractivity contribution is -0.137. The van der Waals surface area contributed by atoms with Crippen molar-refractivity contribution in [3.05, 3.63) is 88.0 Å². The first-order valence-electron chi connectivity index (χ1n) is 11.6. The molecule has 1 N–H and O–H groups in total. The Morgan fingerprint density at radius 1 is 1.00 bits per heavy atom. The van der Waals surface area contributed by atoms with E-state index >= 15 is 4.39 Å². The third-order valence-electron chi connectivity index (χ3n) is 6.57. The number of aliphatic hydroxyl groups is 1. The molecule has 0 aliphatic heterocycles. The van der Waals surface area contributed by atoms with Gasteiger partial charge in [0, 0.05) is 16.8 Å². The molecule has 2 nitrogen and oxygen atoms in total. The molecule has 0 saturated carbocycles. The van der Waals surface area contributed by atoms with Gasteiger partial charge in [-0.1, -0.05) is 52.0 Å². The van der Waals surface area contributed by atoms with Crippen LogP contribution < -0.4 is 0 Å². The van der Waals surface area contributed by atoms with Gasteiger partial charge in [0.25, 0.3) is 0 Å². The molecule has 0 bridgehead atoms. The van der Waals surface area contributed by atoms with Crippen molar-refractivity contribution in [1.82, 2.24) is 4.98 Å². The standard InChI is InChI=1S/C28H28F5NO/c1-15(2)26-24(25(30)17-5-9-18(10-6-17)28(31,32)33)22(16-7-11-19(29)12-8-16)23-20(34-26)13-27(3,4)14-21(23)35/h5-12,15,21,25,35H,13-14H2,1-4H3. The number of benzene rings is 2. The largest absolute Gasteiger partial charge is 0.416 e. The monoisotopic (exact) mass is 489 g/mol. The molecule has 4 rings (SSSR count). The minimum Gasteiger partial charge on any atom is -0.388 e. The summed E-state index contributed by atoms with van der Waals surface area (Å²) in [6, 6.07) is 9.58. The second-order valence-corrected chi connectivity index (χ2v) is 10.4. The van der Waals surface area contributed by atoms with Gasteiger partial charge in [-0.3, -0.25) is 4.98 Å². The van der Waals surface area contributed by atoms with Gasteiger partial charge >= 0.3 is 6.18 Å². The van der Waals surface area contributed by atoms with Crippen molar-refractivity contribution in [2.45, 2.75) is 64.9 Å². The molecule has 1 aromatic heterocycles. The summed E-state index contributed by atoms with van der Waals surface area (Å²) in [5, 5.41) is 11.2. The van der Waals surface area contributed by atoms with E-state index in [9.17, 15) is 22.7 Å². The van der Waals surface area contributed by atoms with Crippen LogP contribution in [0.3, 0.4) is 0 Å². The highest BCUT2D eigenvalue weighted by atomic mass is 19.4. The number of rotatable bonds is 4. The van der Waals surface area contributed by atoms with Crippen LogP contribution >= 0.6 is 0 Å². The van der Waals surface area contributed by atoms with E-state index in [0.717, 1.165) is 24.3 Å². The first-order valence-corrected chi connectivity index (χ1v) is 11.6. The normalized spacial score (nSPS) is 18.4. The van der Waals surface area contributed by atoms with Crippen molar-refractivity contribution in [2.75, 3.05) is 0 Å². The molecule has 3 aromatic rings. The van der Waals surface area contributed by atoms with Crippen LogP contribution in [0.4, 0.5) is 22.0 Å². The Bertz CT molecular complexity index is 1210. The summed E-state index contributed by atoms with van der Waals surface area (Å²) < 4.78 is 69.3. The van der Waals surface area contributed by atoms with E-state index in [2.05, 4.69) is 0 Å². The van der Waals surface area contributed by atoms with Crippen LogP contribution in [0.1, 0.15) is 86.0 Å². The summed E-state index contributed by atoms with van der Waals surface area (Å²) in [6.07, 6.45) is -6.23. The summed E-state index contributed by atoms with van der Waals surface area (Å²) in [4.78, 5) is 4.81. The number of aliphatic hydroxyl groups excluding tert-OH is 1. The molecule has 2 atom stereocenters. The van der Waals surface area contributed by atoms with Gasteiger partial charge in [-0.25, -0.2) is 8.78 Å². The molecule has 1 aliphatic carbocycles. The lowest BCUT2D eigenvalue weighted by Crippen LogP contribution is -2.28. The Morgan fingerprint density at radius 3 is 2.14 bits per heavy atom. The fourth-order valence-corrected chi connectivity index (χ4v) is 4.96. The fraction of sp³-hybridized carbons (Fsp3) is 0.393. The first kappa shape index (κ1) is 25.3. The van der Waals surface area contributed by atoms with Gasteiger partial charge < -0.3 is 5.11 Å². The van der Waals surface area contributed by atoms with Crippen LogP contribution in [-0.2, 0) is 12.6 Å². The number of fused-ring (bicyclic) bond motifs is 1. The number of alkyl halides is 4. The predicted octanol–water partition coefficient (Wildman–Crippen LogP) is 8.09. The minimum absolute atomic E-state index is 0.0515. The second kappa shape index (κ2) is 9.01. The number of pyridine rings is 1. The second-order valence-electron chi connectivity index (χ2n) is 10.4. The van der Waals surface area contributed by atoms with Gasteiger partial charge in [0.2, 0.25) is 0 Å². The minimum atomic E-state index is -4.53. The van der Waals surface area contributed by atoms with E-state index in [-0.39, 0.29) is 22.5 Å². The van der Waals surface area contributed by atoms with Gasteiger partial charge in [0.15, 0.2) is 6.17 Å². The predicted molar refractivity (Wildman–Crippen MR) is 125 cm³/mol. The summed E-state index contributed by atoms with van der Waals surface area (Å²) >= 11 is 0. The molecule has 7 heteroatoms. The molecule has 0 fully saturated rings. The van der Waals surface area contributed by atoms with Crippen molar-refractivity contribution in [3.63, 3.8) is 0 Å². The average molecular weight is 490 g/mol. The molecule has 0 amide bonds. The zero-order valence-corrected chi connectivity index (χ0v) is 20.0. The highest BCUT2D eigenvalue weighted by Crippen LogP contribution is 2.49. The van der Waals surface area contributed by atoms with E-state index in [1.165, 1.54) is 24.3 Å². The maximum Gasteiger partial charge on any atom is 0.416 e. The third-order valence-corrected chi connectivity index (χ3v) is 6.57. The summed E-state index contributed by atoms with van der Waals surface area (Å²) in [5.41, 5.74) is 1.77. The van der Waals surface area contributed by atoms with Gasteiger partial charge in [-0.15, -0.1) is 0 Å². The molecule has 186 valence electrons. The summed E-state index contributed by atoms with van der Waals surface area (Å²) in [6.45, 7) is 7.80. The van der Waals surface area contributed by atoms with E-state index in [1.54, 1.807) is 0 Å². The van der Waals surface area contributed by atoms with Crippen LogP contribution in [0.25, 0.3) is 11.1 Å². The SMILES string of the molecule is CC(C)c1nc2c(c(-c3ccc(F)cc3)c1C(F)c1ccc(C(F)(F)F)cc1)C(O)CC(C)(C)C2. The zero-order chi connectivity index (χ0) is 25.7. The Morgan fingerprint density at radius 2 is 1.60 bits per heavy atom. The van der Waals surface area contributed by atoms with Crippen molar-refractivity contribution >= 4 is 0 Å². The fourth-order valence-electron chi connectivity index (χ4n) is 4.96. The van der Waals surface area contributed by atoms with Gasteiger partial charge in [-0.05, 0) is 65.1 Å². The zero-order valence-electron chi connectivity index (χ0n) is 20.0. The molecule has 0 spiro atoms. The van der Waals surface area contributed by atoms with Crippen molar-refractivity contribution in [3.8, 4) is 11.1 Å². The van der Waals surface area contributed by atoms with E-state index in [1.807, 2.05) is 27.7 Å². The average Bonchev–Trinajstić information content (AvgIpc) is 2.76. The number of hydrogen-bond donors (Lipinski definition) is 1. The Balaban J connectivity index is 2.00. The van der Waals surface area contributed by atoms with Crippen molar-refractivity contribution in [1.29, 1.82) is 0 Å². The van der Waals surface area contributed by atoms with Gasteiger partial charge in [-0.2, -0.15) is 13.2 Å². The van der Waals surface area contributed by atoms with E-state index in [4.69, 9.17) is 4.98 Å². The lowest BCUT2D eigenvalue weighted by Gasteiger charge is -2.37. The summed E-state index contributed by atoms with van der Waals surface area (Å²) in [7, 11) is 0. The smallest absolute Gasteiger partial charge is 0.388 e. The molecule has 1 aliphatic rings. The molecular weight excluding hydrogens is 461 g/mol. The highest BCUT2D eigenvalue weighted by Gasteiger charge is 2.38. The molecule has 0 radical (unpaired) electrons. The number of hydrogen-bond acceptors (Lipinski definition) is 2. The number of nitrogens with zero attached hydrogens (tertiary/aromatic N) is 1.